The lowest BCUT2D eigenvalue weighted by Crippen LogP contribution is -2.46. The number of carbonyl (C=O) groups excluding carboxylic acids is 2. The Morgan fingerprint density at radius 1 is 1.12 bits per heavy atom. The first-order chi connectivity index (χ1) is 19.9. The van der Waals surface area contributed by atoms with Gasteiger partial charge in [0.05, 0.1) is 23.0 Å². The largest absolute Gasteiger partial charge is 0.503 e. The first-order valence-electron chi connectivity index (χ1n) is 13.3. The molecule has 2 aliphatic heterocycles. The SMILES string of the molecule is C=CC(=O)N1CCc2nn(-c3cc(F)c(C4CC4)c(F)c3O)c3c2[C@H](C1)N(C(=O)c1cnc(C(F)(F)F)cc1N)CC3. The zero-order valence-corrected chi connectivity index (χ0v) is 22.1. The second-order valence-corrected chi connectivity index (χ2v) is 10.6. The van der Waals surface area contributed by atoms with Gasteiger partial charge in [-0.2, -0.15) is 18.3 Å². The van der Waals surface area contributed by atoms with Gasteiger partial charge in [-0.05, 0) is 30.9 Å². The molecule has 1 saturated carbocycles. The molecule has 2 aromatic heterocycles. The molecule has 1 aromatic carbocycles. The Kier molecular flexibility index (Phi) is 6.46. The Bertz CT molecular complexity index is 1650. The van der Waals surface area contributed by atoms with Crippen molar-refractivity contribution in [1.82, 2.24) is 24.6 Å². The monoisotopic (exact) mass is 588 g/mol. The van der Waals surface area contributed by atoms with Crippen LogP contribution in [0.15, 0.2) is 31.0 Å². The smallest absolute Gasteiger partial charge is 0.433 e. The van der Waals surface area contributed by atoms with Crippen LogP contribution in [-0.4, -0.2) is 61.1 Å². The summed E-state index contributed by atoms with van der Waals surface area (Å²) >= 11 is 0. The van der Waals surface area contributed by atoms with E-state index in [1.165, 1.54) is 14.5 Å². The molecule has 6 rings (SSSR count). The third-order valence-electron chi connectivity index (χ3n) is 8.03. The number of nitrogen functional groups attached to an aromatic ring is 1. The van der Waals surface area contributed by atoms with Gasteiger partial charge in [0.2, 0.25) is 5.91 Å². The highest BCUT2D eigenvalue weighted by Gasteiger charge is 2.42. The van der Waals surface area contributed by atoms with Crippen LogP contribution in [0.2, 0.25) is 0 Å². The third kappa shape index (κ3) is 4.45. The van der Waals surface area contributed by atoms with Crippen LogP contribution in [-0.2, 0) is 23.8 Å². The van der Waals surface area contributed by atoms with Gasteiger partial charge < -0.3 is 20.6 Å². The Labute approximate surface area is 236 Å². The molecule has 3 N–H and O–H groups in total. The molecule has 3 aliphatic rings. The second kappa shape index (κ2) is 9.81. The maximum atomic E-state index is 15.1. The molecule has 0 bridgehead atoms. The molecule has 1 atom stereocenters. The maximum absolute atomic E-state index is 15.1. The normalized spacial score (nSPS) is 18.5. The zero-order chi connectivity index (χ0) is 30.1. The summed E-state index contributed by atoms with van der Waals surface area (Å²) in [5.74, 6) is -3.97. The van der Waals surface area contributed by atoms with Crippen LogP contribution in [0, 0.1) is 11.6 Å². The number of carbonyl (C=O) groups is 2. The summed E-state index contributed by atoms with van der Waals surface area (Å²) in [6.07, 6.45) is -1.26. The molecule has 9 nitrogen and oxygen atoms in total. The Morgan fingerprint density at radius 3 is 2.50 bits per heavy atom. The maximum Gasteiger partial charge on any atom is 0.433 e. The molecular weight excluding hydrogens is 563 g/mol. The third-order valence-corrected chi connectivity index (χ3v) is 8.03. The van der Waals surface area contributed by atoms with E-state index in [-0.39, 0.29) is 55.2 Å². The van der Waals surface area contributed by atoms with E-state index in [1.54, 1.807) is 0 Å². The van der Waals surface area contributed by atoms with Gasteiger partial charge in [0.15, 0.2) is 11.6 Å². The van der Waals surface area contributed by atoms with Crippen molar-refractivity contribution in [3.05, 3.63) is 76.4 Å². The minimum Gasteiger partial charge on any atom is -0.503 e. The fourth-order valence-corrected chi connectivity index (χ4v) is 5.84. The molecule has 3 aromatic rings. The molecule has 14 heteroatoms. The number of benzene rings is 1. The van der Waals surface area contributed by atoms with Gasteiger partial charge in [0, 0.05) is 61.6 Å². The second-order valence-electron chi connectivity index (χ2n) is 10.6. The molecule has 0 saturated heterocycles. The lowest BCUT2D eigenvalue weighted by Gasteiger charge is -2.38. The van der Waals surface area contributed by atoms with Crippen molar-refractivity contribution in [2.45, 2.75) is 43.8 Å². The zero-order valence-electron chi connectivity index (χ0n) is 22.1. The van der Waals surface area contributed by atoms with Gasteiger partial charge in [-0.15, -0.1) is 0 Å². The molecule has 4 heterocycles. The average Bonchev–Trinajstić information content (AvgIpc) is 3.74. The van der Waals surface area contributed by atoms with Crippen molar-refractivity contribution >= 4 is 17.5 Å². The van der Waals surface area contributed by atoms with Crippen LogP contribution < -0.4 is 5.73 Å². The van der Waals surface area contributed by atoms with Crippen molar-refractivity contribution in [1.29, 1.82) is 0 Å². The summed E-state index contributed by atoms with van der Waals surface area (Å²) in [4.78, 5) is 32.6. The van der Waals surface area contributed by atoms with E-state index in [9.17, 15) is 27.9 Å². The molecule has 1 aliphatic carbocycles. The number of halogens is 5. The number of hydrogen-bond acceptors (Lipinski definition) is 6. The number of amides is 2. The summed E-state index contributed by atoms with van der Waals surface area (Å²) in [5.41, 5.74) is 5.06. The Morgan fingerprint density at radius 2 is 1.86 bits per heavy atom. The summed E-state index contributed by atoms with van der Waals surface area (Å²) in [6.45, 7) is 3.71. The van der Waals surface area contributed by atoms with Crippen molar-refractivity contribution in [3.8, 4) is 11.4 Å². The standard InChI is InChI=1S/C28H25F5N6O3/c1-2-22(40)37-7-5-17-24-18(39(36-17)19-9-15(29)23(13-3-4-13)25(30)26(19)41)6-8-38(20(24)12-37)27(42)14-11-35-21(10-16(14)34)28(31,32)33/h2,9-11,13,20,41H,1,3-8,12H2,(H2,34,35)/t20-/m0/s1. The minimum atomic E-state index is -4.76. The van der Waals surface area contributed by atoms with Gasteiger partial charge in [-0.3, -0.25) is 14.6 Å². The topological polar surface area (TPSA) is 118 Å². The van der Waals surface area contributed by atoms with Crippen LogP contribution in [0.3, 0.4) is 0 Å². The predicted octanol–water partition coefficient (Wildman–Crippen LogP) is 4.04. The predicted molar refractivity (Wildman–Crippen MR) is 139 cm³/mol. The highest BCUT2D eigenvalue weighted by molar-refractivity contribution is 5.99. The van der Waals surface area contributed by atoms with Crippen molar-refractivity contribution in [2.75, 3.05) is 25.4 Å². The van der Waals surface area contributed by atoms with Crippen LogP contribution in [0.25, 0.3) is 5.69 Å². The fourth-order valence-electron chi connectivity index (χ4n) is 5.84. The molecule has 0 spiro atoms. The number of pyridine rings is 1. The number of phenols is 1. The van der Waals surface area contributed by atoms with Crippen LogP contribution in [0.4, 0.5) is 27.6 Å². The molecular formula is C28H25F5N6O3. The number of nitrogens with two attached hydrogens (primary N) is 1. The number of alkyl halides is 3. The number of anilines is 1. The summed E-state index contributed by atoms with van der Waals surface area (Å²) < 4.78 is 70.8. The molecule has 0 unspecified atom stereocenters. The van der Waals surface area contributed by atoms with Gasteiger partial charge in [0.1, 0.15) is 17.2 Å². The van der Waals surface area contributed by atoms with Crippen LogP contribution >= 0.6 is 0 Å². The van der Waals surface area contributed by atoms with Crippen molar-refractivity contribution in [2.24, 2.45) is 0 Å². The molecule has 0 radical (unpaired) electrons. The molecule has 220 valence electrons. The Balaban J connectivity index is 1.44. The summed E-state index contributed by atoms with van der Waals surface area (Å²) in [6, 6.07) is 0.800. The van der Waals surface area contributed by atoms with E-state index >= 15 is 8.78 Å². The highest BCUT2D eigenvalue weighted by atomic mass is 19.4. The highest BCUT2D eigenvalue weighted by Crippen LogP contribution is 2.46. The Hall–Kier alpha value is -4.49. The number of rotatable bonds is 4. The first kappa shape index (κ1) is 27.7. The number of aromatic hydroxyl groups is 1. The molecule has 2 amide bonds. The van der Waals surface area contributed by atoms with Gasteiger partial charge >= 0.3 is 6.18 Å². The summed E-state index contributed by atoms with van der Waals surface area (Å²) in [7, 11) is 0. The van der Waals surface area contributed by atoms with Gasteiger partial charge in [0.25, 0.3) is 5.91 Å². The number of hydrogen-bond donors (Lipinski definition) is 2. The van der Waals surface area contributed by atoms with E-state index in [2.05, 4.69) is 16.7 Å². The number of nitrogens with zero attached hydrogens (tertiary/aromatic N) is 5. The first-order valence-corrected chi connectivity index (χ1v) is 13.3. The van der Waals surface area contributed by atoms with Crippen LogP contribution in [0.1, 0.15) is 63.4 Å². The molecule has 42 heavy (non-hydrogen) atoms. The summed E-state index contributed by atoms with van der Waals surface area (Å²) in [5, 5.41) is 15.3. The quantitative estimate of drug-likeness (QED) is 0.351. The van der Waals surface area contributed by atoms with E-state index in [1.807, 2.05) is 0 Å². The van der Waals surface area contributed by atoms with E-state index in [0.29, 0.717) is 35.9 Å². The minimum absolute atomic E-state index is 0.00407. The lowest BCUT2D eigenvalue weighted by atomic mass is 9.94. The van der Waals surface area contributed by atoms with Gasteiger partial charge in [-0.1, -0.05) is 6.58 Å². The lowest BCUT2D eigenvalue weighted by molar-refractivity contribution is -0.141. The average molecular weight is 589 g/mol. The van der Waals surface area contributed by atoms with E-state index < -0.39 is 52.8 Å². The molecule has 1 fully saturated rings. The number of phenolic OH excluding ortho intramolecular Hbond substituents is 1. The van der Waals surface area contributed by atoms with Gasteiger partial charge in [-0.25, -0.2) is 13.5 Å². The van der Waals surface area contributed by atoms with E-state index in [0.717, 1.165) is 18.3 Å². The van der Waals surface area contributed by atoms with Crippen LogP contribution in [0.5, 0.6) is 5.75 Å². The van der Waals surface area contributed by atoms with Crippen molar-refractivity contribution in [3.63, 3.8) is 0 Å². The number of aromatic nitrogens is 3. The fraction of sp³-hybridized carbons (Fsp3) is 0.357. The van der Waals surface area contributed by atoms with E-state index in [4.69, 9.17) is 5.73 Å². The van der Waals surface area contributed by atoms with Crippen molar-refractivity contribution < 1.29 is 36.6 Å².